The first kappa shape index (κ1) is 16.4. The fraction of sp³-hybridized carbons (Fsp3) is 0.650. The molecule has 0 N–H and O–H groups in total. The maximum absolute atomic E-state index is 12.5. The molecule has 1 aromatic carbocycles. The molecule has 3 rings (SSSR count). The van der Waals surface area contributed by atoms with Gasteiger partial charge in [-0.15, -0.1) is 0 Å². The first-order valence-electron chi connectivity index (χ1n) is 9.10. The molecule has 2 aliphatic carbocycles. The zero-order chi connectivity index (χ0) is 16.1. The number of hydrogen-bond donors (Lipinski definition) is 0. The summed E-state index contributed by atoms with van der Waals surface area (Å²) < 4.78 is 11.2. The molecule has 0 saturated heterocycles. The Morgan fingerprint density at radius 2 is 1.65 bits per heavy atom. The molecule has 2 aliphatic rings. The van der Waals surface area contributed by atoms with Crippen molar-refractivity contribution in [2.24, 2.45) is 11.8 Å². The lowest BCUT2D eigenvalue weighted by atomic mass is 9.95. The lowest BCUT2D eigenvalue weighted by Gasteiger charge is -2.23. The Hall–Kier alpha value is -1.51. The van der Waals surface area contributed by atoms with Crippen molar-refractivity contribution in [1.82, 2.24) is 0 Å². The van der Waals surface area contributed by atoms with E-state index in [0.29, 0.717) is 5.92 Å². The van der Waals surface area contributed by atoms with E-state index in [9.17, 15) is 4.79 Å². The minimum Gasteiger partial charge on any atom is -0.497 e. The van der Waals surface area contributed by atoms with Gasteiger partial charge in [0.25, 0.3) is 0 Å². The van der Waals surface area contributed by atoms with Crippen LogP contribution < -0.4 is 4.74 Å². The third-order valence-electron chi connectivity index (χ3n) is 5.46. The van der Waals surface area contributed by atoms with Gasteiger partial charge in [0.15, 0.2) is 0 Å². The summed E-state index contributed by atoms with van der Waals surface area (Å²) in [6.07, 6.45) is 10.4. The second-order valence-electron chi connectivity index (χ2n) is 7.07. The molecular formula is C20H28O3. The average molecular weight is 316 g/mol. The summed E-state index contributed by atoms with van der Waals surface area (Å²) in [5.41, 5.74) is 1.10. The van der Waals surface area contributed by atoms with Crippen LogP contribution in [0.4, 0.5) is 0 Å². The Balaban J connectivity index is 1.70. The van der Waals surface area contributed by atoms with Crippen molar-refractivity contribution < 1.29 is 14.3 Å². The van der Waals surface area contributed by atoms with Crippen LogP contribution in [0.25, 0.3) is 0 Å². The summed E-state index contributed by atoms with van der Waals surface area (Å²) in [6.45, 7) is 0. The number of ether oxygens (including phenoxy) is 2. The Morgan fingerprint density at radius 3 is 2.26 bits per heavy atom. The van der Waals surface area contributed by atoms with Gasteiger partial charge in [-0.05, 0) is 42.9 Å². The van der Waals surface area contributed by atoms with Crippen molar-refractivity contribution in [3.8, 4) is 5.75 Å². The molecule has 2 fully saturated rings. The standard InChI is InChI=1S/C20H28O3/c1-22-18-12-10-16(11-13-18)19(14-15-6-2-3-7-15)23-20(21)17-8-4-5-9-17/h10-13,15,17,19H,2-9,14H2,1H3. The second kappa shape index (κ2) is 7.85. The number of rotatable bonds is 6. The molecule has 23 heavy (non-hydrogen) atoms. The summed E-state index contributed by atoms with van der Waals surface area (Å²) in [5, 5.41) is 0. The van der Waals surface area contributed by atoms with Crippen molar-refractivity contribution in [3.63, 3.8) is 0 Å². The number of benzene rings is 1. The van der Waals surface area contributed by atoms with Gasteiger partial charge in [0, 0.05) is 0 Å². The van der Waals surface area contributed by atoms with Gasteiger partial charge in [0.1, 0.15) is 11.9 Å². The number of carbonyl (C=O) groups is 1. The van der Waals surface area contributed by atoms with Crippen LogP contribution in [0.15, 0.2) is 24.3 Å². The molecular weight excluding hydrogens is 288 g/mol. The van der Waals surface area contributed by atoms with Crippen molar-refractivity contribution in [2.45, 2.75) is 63.9 Å². The quantitative estimate of drug-likeness (QED) is 0.689. The molecule has 0 aliphatic heterocycles. The van der Waals surface area contributed by atoms with Crippen molar-refractivity contribution in [2.75, 3.05) is 7.11 Å². The van der Waals surface area contributed by atoms with Crippen molar-refractivity contribution in [1.29, 1.82) is 0 Å². The smallest absolute Gasteiger partial charge is 0.309 e. The van der Waals surface area contributed by atoms with E-state index in [0.717, 1.165) is 43.4 Å². The molecule has 2 saturated carbocycles. The highest BCUT2D eigenvalue weighted by Gasteiger charge is 2.29. The maximum atomic E-state index is 12.5. The van der Waals surface area contributed by atoms with E-state index in [2.05, 4.69) is 0 Å². The first-order valence-corrected chi connectivity index (χ1v) is 9.10. The normalized spacial score (nSPS) is 20.6. The Morgan fingerprint density at radius 1 is 1.04 bits per heavy atom. The van der Waals surface area contributed by atoms with Gasteiger partial charge in [-0.1, -0.05) is 50.7 Å². The van der Waals surface area contributed by atoms with Gasteiger partial charge in [-0.3, -0.25) is 4.79 Å². The third kappa shape index (κ3) is 4.27. The molecule has 3 nitrogen and oxygen atoms in total. The number of hydrogen-bond acceptors (Lipinski definition) is 3. The van der Waals surface area contributed by atoms with Crippen molar-refractivity contribution in [3.05, 3.63) is 29.8 Å². The summed E-state index contributed by atoms with van der Waals surface area (Å²) in [6, 6.07) is 8.00. The summed E-state index contributed by atoms with van der Waals surface area (Å²) in [5.74, 6) is 1.68. The zero-order valence-electron chi connectivity index (χ0n) is 14.1. The van der Waals surface area contributed by atoms with E-state index in [4.69, 9.17) is 9.47 Å². The Kier molecular flexibility index (Phi) is 5.58. The van der Waals surface area contributed by atoms with Crippen LogP contribution in [0.1, 0.15) is 69.5 Å². The highest BCUT2D eigenvalue weighted by molar-refractivity contribution is 5.73. The molecule has 1 unspecified atom stereocenters. The van der Waals surface area contributed by atoms with Gasteiger partial charge < -0.3 is 9.47 Å². The summed E-state index contributed by atoms with van der Waals surface area (Å²) >= 11 is 0. The summed E-state index contributed by atoms with van der Waals surface area (Å²) in [7, 11) is 1.67. The van der Waals surface area contributed by atoms with Crippen LogP contribution >= 0.6 is 0 Å². The van der Waals surface area contributed by atoms with Crippen LogP contribution in [-0.4, -0.2) is 13.1 Å². The van der Waals surface area contributed by atoms with Gasteiger partial charge in [-0.2, -0.15) is 0 Å². The Labute approximate surface area is 139 Å². The van der Waals surface area contributed by atoms with Gasteiger partial charge in [-0.25, -0.2) is 0 Å². The van der Waals surface area contributed by atoms with E-state index in [-0.39, 0.29) is 18.0 Å². The molecule has 0 aromatic heterocycles. The van der Waals surface area contributed by atoms with Crippen LogP contribution in [0, 0.1) is 11.8 Å². The molecule has 1 aromatic rings. The number of esters is 1. The van der Waals surface area contributed by atoms with E-state index in [1.807, 2.05) is 24.3 Å². The molecule has 1 atom stereocenters. The topological polar surface area (TPSA) is 35.5 Å². The average Bonchev–Trinajstić information content (AvgIpc) is 3.28. The second-order valence-corrected chi connectivity index (χ2v) is 7.07. The van der Waals surface area contributed by atoms with Gasteiger partial charge in [0.05, 0.1) is 13.0 Å². The molecule has 0 amide bonds. The Bertz CT molecular complexity index is 496. The highest BCUT2D eigenvalue weighted by Crippen LogP contribution is 2.36. The lowest BCUT2D eigenvalue weighted by molar-refractivity contribution is -0.155. The van der Waals surface area contributed by atoms with Crippen molar-refractivity contribution >= 4 is 5.97 Å². The molecule has 0 radical (unpaired) electrons. The minimum absolute atomic E-state index is 0.0151. The fourth-order valence-electron chi connectivity index (χ4n) is 4.02. The van der Waals surface area contributed by atoms with Crippen LogP contribution in [0.3, 0.4) is 0 Å². The minimum atomic E-state index is -0.0999. The van der Waals surface area contributed by atoms with E-state index < -0.39 is 0 Å². The molecule has 3 heteroatoms. The molecule has 0 heterocycles. The van der Waals surface area contributed by atoms with Crippen LogP contribution in [-0.2, 0) is 9.53 Å². The summed E-state index contributed by atoms with van der Waals surface area (Å²) in [4.78, 5) is 12.5. The number of methoxy groups -OCH3 is 1. The van der Waals surface area contributed by atoms with E-state index >= 15 is 0 Å². The fourth-order valence-corrected chi connectivity index (χ4v) is 4.02. The monoisotopic (exact) mass is 316 g/mol. The maximum Gasteiger partial charge on any atom is 0.309 e. The molecule has 0 spiro atoms. The molecule has 0 bridgehead atoms. The largest absolute Gasteiger partial charge is 0.497 e. The first-order chi connectivity index (χ1) is 11.3. The zero-order valence-corrected chi connectivity index (χ0v) is 14.1. The van der Waals surface area contributed by atoms with E-state index in [1.54, 1.807) is 7.11 Å². The SMILES string of the molecule is COc1ccc(C(CC2CCCC2)OC(=O)C2CCCC2)cc1. The predicted octanol–water partition coefficient (Wildman–Crippen LogP) is 5.05. The predicted molar refractivity (Wildman–Crippen MR) is 90.4 cm³/mol. The number of carbonyl (C=O) groups excluding carboxylic acids is 1. The van der Waals surface area contributed by atoms with E-state index in [1.165, 1.54) is 25.7 Å². The van der Waals surface area contributed by atoms with Crippen LogP contribution in [0.2, 0.25) is 0 Å². The van der Waals surface area contributed by atoms with Gasteiger partial charge in [0.2, 0.25) is 0 Å². The van der Waals surface area contributed by atoms with Gasteiger partial charge >= 0.3 is 5.97 Å². The lowest BCUT2D eigenvalue weighted by Crippen LogP contribution is -2.19. The third-order valence-corrected chi connectivity index (χ3v) is 5.46. The van der Waals surface area contributed by atoms with Crippen LogP contribution in [0.5, 0.6) is 5.75 Å². The highest BCUT2D eigenvalue weighted by atomic mass is 16.5. The molecule has 126 valence electrons.